The number of carbonyl (C=O) groups is 2. The van der Waals surface area contributed by atoms with Crippen molar-refractivity contribution < 1.29 is 14.0 Å². The number of anilines is 1. The largest absolute Gasteiger partial charge is 0.349 e. The summed E-state index contributed by atoms with van der Waals surface area (Å²) in [5.41, 5.74) is 2.31. The van der Waals surface area contributed by atoms with Gasteiger partial charge < -0.3 is 14.8 Å². The van der Waals surface area contributed by atoms with Gasteiger partial charge in [-0.1, -0.05) is 11.6 Å². The molecular weight excluding hydrogens is 431 g/mol. The van der Waals surface area contributed by atoms with Gasteiger partial charge >= 0.3 is 0 Å². The van der Waals surface area contributed by atoms with E-state index in [-0.39, 0.29) is 22.9 Å². The first kappa shape index (κ1) is 20.9. The van der Waals surface area contributed by atoms with Gasteiger partial charge in [0.25, 0.3) is 5.91 Å². The zero-order chi connectivity index (χ0) is 22.5. The van der Waals surface area contributed by atoms with Crippen LogP contribution in [0.4, 0.5) is 10.1 Å². The van der Waals surface area contributed by atoms with Crippen molar-refractivity contribution in [3.8, 4) is 0 Å². The Morgan fingerprint density at radius 1 is 1.25 bits per heavy atom. The van der Waals surface area contributed by atoms with Gasteiger partial charge in [-0.05, 0) is 62.4 Å². The summed E-state index contributed by atoms with van der Waals surface area (Å²) >= 11 is 6.20. The van der Waals surface area contributed by atoms with Gasteiger partial charge in [0, 0.05) is 32.0 Å². The van der Waals surface area contributed by atoms with Gasteiger partial charge in [0.15, 0.2) is 0 Å². The molecule has 1 N–H and O–H groups in total. The van der Waals surface area contributed by atoms with Crippen molar-refractivity contribution in [2.75, 3.05) is 11.4 Å². The molecule has 2 fully saturated rings. The molecule has 5 rings (SSSR count). The minimum Gasteiger partial charge on any atom is -0.349 e. The molecule has 1 spiro atoms. The van der Waals surface area contributed by atoms with Crippen LogP contribution in [0.15, 0.2) is 42.7 Å². The molecule has 0 bridgehead atoms. The summed E-state index contributed by atoms with van der Waals surface area (Å²) in [4.78, 5) is 32.3. The maximum Gasteiger partial charge on any atom is 0.255 e. The summed E-state index contributed by atoms with van der Waals surface area (Å²) in [6, 6.07) is 7.94. The third kappa shape index (κ3) is 3.45. The number of hydrogen-bond donors (Lipinski definition) is 1. The molecular formula is C24H24ClFN4O2. The Balaban J connectivity index is 1.26. The van der Waals surface area contributed by atoms with Crippen LogP contribution in [0.5, 0.6) is 0 Å². The van der Waals surface area contributed by atoms with E-state index in [1.165, 1.54) is 12.1 Å². The predicted molar refractivity (Wildman–Crippen MR) is 121 cm³/mol. The number of aryl methyl sites for hydroxylation is 1. The summed E-state index contributed by atoms with van der Waals surface area (Å²) in [7, 11) is 1.90. The molecule has 2 amide bonds. The van der Waals surface area contributed by atoms with E-state index in [0.29, 0.717) is 36.2 Å². The van der Waals surface area contributed by atoms with Crippen LogP contribution in [0.25, 0.3) is 11.0 Å². The van der Waals surface area contributed by atoms with Crippen molar-refractivity contribution in [2.45, 2.75) is 38.1 Å². The second kappa shape index (κ2) is 7.89. The highest BCUT2D eigenvalue weighted by molar-refractivity contribution is 6.34. The fraction of sp³-hybridized carbons (Fsp3) is 0.375. The molecule has 8 heteroatoms. The lowest BCUT2D eigenvalue weighted by molar-refractivity contribution is -0.127. The molecule has 1 aliphatic heterocycles. The van der Waals surface area contributed by atoms with Gasteiger partial charge in [-0.25, -0.2) is 4.39 Å². The molecule has 3 aromatic rings. The molecule has 2 aromatic heterocycles. The van der Waals surface area contributed by atoms with Crippen molar-refractivity contribution in [3.63, 3.8) is 0 Å². The molecule has 2 aliphatic rings. The number of nitrogens with zero attached hydrogens (tertiary/aromatic N) is 3. The highest BCUT2D eigenvalue weighted by atomic mass is 35.5. The zero-order valence-corrected chi connectivity index (χ0v) is 18.5. The van der Waals surface area contributed by atoms with Crippen LogP contribution in [0, 0.1) is 11.2 Å². The summed E-state index contributed by atoms with van der Waals surface area (Å²) in [6.07, 6.45) is 7.13. The van der Waals surface area contributed by atoms with Crippen LogP contribution in [0.1, 0.15) is 42.5 Å². The number of halogens is 2. The molecule has 166 valence electrons. The highest BCUT2D eigenvalue weighted by Crippen LogP contribution is 2.47. The number of carbonyl (C=O) groups excluding carboxylic acids is 2. The summed E-state index contributed by atoms with van der Waals surface area (Å²) in [5, 5.41) is 3.39. The van der Waals surface area contributed by atoms with E-state index in [1.54, 1.807) is 17.2 Å². The minimum atomic E-state index is -0.431. The Morgan fingerprint density at radius 3 is 2.78 bits per heavy atom. The van der Waals surface area contributed by atoms with Crippen molar-refractivity contribution in [1.29, 1.82) is 0 Å². The van der Waals surface area contributed by atoms with E-state index >= 15 is 0 Å². The molecule has 32 heavy (non-hydrogen) atoms. The second-order valence-corrected chi connectivity index (χ2v) is 9.26. The third-order valence-electron chi connectivity index (χ3n) is 6.98. The Hall–Kier alpha value is -2.93. The number of amides is 2. The maximum absolute atomic E-state index is 13.4. The maximum atomic E-state index is 13.4. The first-order valence-corrected chi connectivity index (χ1v) is 11.2. The van der Waals surface area contributed by atoms with E-state index in [9.17, 15) is 14.0 Å². The first-order chi connectivity index (χ1) is 15.4. The summed E-state index contributed by atoms with van der Waals surface area (Å²) in [5.74, 6) is -0.500. The average Bonchev–Trinajstić information content (AvgIpc) is 3.28. The van der Waals surface area contributed by atoms with E-state index in [2.05, 4.69) is 10.3 Å². The Morgan fingerprint density at radius 2 is 2.03 bits per heavy atom. The standard InChI is InChI=1S/C24H24ClFN4O2/c1-29-14-17(21-20(29)3-2-11-27-21)22(31)28-16-6-8-24(9-7-16)10-12-30(23(24)32)19-5-4-15(26)13-18(19)25/h2-5,11,13-14,16H,6-10,12H2,1H3,(H,28,31)/t16-,24-. The minimum absolute atomic E-state index is 0.0170. The van der Waals surface area contributed by atoms with Gasteiger partial charge in [-0.15, -0.1) is 0 Å². The normalized spacial score (nSPS) is 23.3. The second-order valence-electron chi connectivity index (χ2n) is 8.86. The third-order valence-corrected chi connectivity index (χ3v) is 7.28. The average molecular weight is 455 g/mol. The monoisotopic (exact) mass is 454 g/mol. The van der Waals surface area contributed by atoms with Crippen LogP contribution < -0.4 is 10.2 Å². The molecule has 1 saturated heterocycles. The molecule has 1 saturated carbocycles. The van der Waals surface area contributed by atoms with Gasteiger partial charge in [0.2, 0.25) is 5.91 Å². The molecule has 0 radical (unpaired) electrons. The lowest BCUT2D eigenvalue weighted by atomic mass is 9.71. The van der Waals surface area contributed by atoms with E-state index < -0.39 is 11.2 Å². The Bertz CT molecular complexity index is 1220. The first-order valence-electron chi connectivity index (χ1n) is 10.9. The van der Waals surface area contributed by atoms with Crippen LogP contribution >= 0.6 is 11.6 Å². The van der Waals surface area contributed by atoms with Gasteiger partial charge in [0.05, 0.1) is 27.2 Å². The van der Waals surface area contributed by atoms with Crippen molar-refractivity contribution in [1.82, 2.24) is 14.9 Å². The number of pyridine rings is 1. The van der Waals surface area contributed by atoms with Gasteiger partial charge in [0.1, 0.15) is 11.3 Å². The van der Waals surface area contributed by atoms with Crippen molar-refractivity contribution >= 4 is 40.1 Å². The molecule has 3 heterocycles. The SMILES string of the molecule is Cn1cc(C(=O)N[C@H]2CC[C@@]3(CCN(c4ccc(F)cc4Cl)C3=O)CC2)c2ncccc21. The quantitative estimate of drug-likeness (QED) is 0.635. The topological polar surface area (TPSA) is 67.2 Å². The number of aromatic nitrogens is 2. The molecule has 1 aromatic carbocycles. The molecule has 0 unspecified atom stereocenters. The van der Waals surface area contributed by atoms with E-state index in [0.717, 1.165) is 24.8 Å². The van der Waals surface area contributed by atoms with Crippen LogP contribution in [-0.4, -0.2) is 34.0 Å². The lowest BCUT2D eigenvalue weighted by Gasteiger charge is -2.36. The number of fused-ring (bicyclic) bond motifs is 1. The lowest BCUT2D eigenvalue weighted by Crippen LogP contribution is -2.43. The molecule has 0 atom stereocenters. The number of nitrogens with one attached hydrogen (secondary N) is 1. The van der Waals surface area contributed by atoms with Gasteiger partial charge in [-0.3, -0.25) is 14.6 Å². The summed E-state index contributed by atoms with van der Waals surface area (Å²) < 4.78 is 15.3. The Kier molecular flexibility index (Phi) is 5.16. The van der Waals surface area contributed by atoms with Crippen molar-refractivity contribution in [3.05, 3.63) is 59.1 Å². The molecule has 1 aliphatic carbocycles. The van der Waals surface area contributed by atoms with Crippen LogP contribution in [-0.2, 0) is 11.8 Å². The summed E-state index contributed by atoms with van der Waals surface area (Å²) in [6.45, 7) is 0.572. The highest BCUT2D eigenvalue weighted by Gasteiger charge is 2.49. The number of rotatable bonds is 3. The van der Waals surface area contributed by atoms with Gasteiger partial charge in [-0.2, -0.15) is 0 Å². The molecule has 6 nitrogen and oxygen atoms in total. The van der Waals surface area contributed by atoms with E-state index in [1.807, 2.05) is 29.9 Å². The number of hydrogen-bond acceptors (Lipinski definition) is 3. The van der Waals surface area contributed by atoms with Crippen LogP contribution in [0.2, 0.25) is 5.02 Å². The number of benzene rings is 1. The smallest absolute Gasteiger partial charge is 0.255 e. The van der Waals surface area contributed by atoms with E-state index in [4.69, 9.17) is 11.6 Å². The Labute approximate surface area is 190 Å². The van der Waals surface area contributed by atoms with Crippen LogP contribution in [0.3, 0.4) is 0 Å². The zero-order valence-electron chi connectivity index (χ0n) is 17.8. The predicted octanol–water partition coefficient (Wildman–Crippen LogP) is 4.46. The fourth-order valence-corrected chi connectivity index (χ4v) is 5.44. The fourth-order valence-electron chi connectivity index (χ4n) is 5.17. The van der Waals surface area contributed by atoms with Crippen molar-refractivity contribution in [2.24, 2.45) is 12.5 Å².